The van der Waals surface area contributed by atoms with Gasteiger partial charge >= 0.3 is 6.03 Å². The molecule has 19 heavy (non-hydrogen) atoms. The van der Waals surface area contributed by atoms with Crippen LogP contribution in [0.15, 0.2) is 0 Å². The summed E-state index contributed by atoms with van der Waals surface area (Å²) in [4.78, 5) is 27.0. The molecule has 0 atom stereocenters. The van der Waals surface area contributed by atoms with E-state index >= 15 is 0 Å². The fourth-order valence-corrected chi connectivity index (χ4v) is 2.51. The number of aliphatic hydroxyl groups is 1. The molecule has 0 aromatic rings. The van der Waals surface area contributed by atoms with E-state index in [4.69, 9.17) is 0 Å². The first-order valence-electron chi connectivity index (χ1n) is 6.74. The lowest BCUT2D eigenvalue weighted by Gasteiger charge is -2.49. The molecule has 3 amide bonds. The first-order valence-corrected chi connectivity index (χ1v) is 6.74. The summed E-state index contributed by atoms with van der Waals surface area (Å²) in [5.41, 5.74) is -1.42. The topological polar surface area (TPSA) is 72.9 Å². The second kappa shape index (κ2) is 4.45. The van der Waals surface area contributed by atoms with Gasteiger partial charge < -0.3 is 10.4 Å². The van der Waals surface area contributed by atoms with Crippen molar-refractivity contribution < 1.29 is 14.7 Å². The molecule has 2 aliphatic heterocycles. The number of likely N-dealkylation sites (tertiary alicyclic amines) is 1. The third-order valence-electron chi connectivity index (χ3n) is 4.15. The predicted molar refractivity (Wildman–Crippen MR) is 70.6 cm³/mol. The third-order valence-corrected chi connectivity index (χ3v) is 4.15. The highest BCUT2D eigenvalue weighted by molar-refractivity contribution is 6.06. The molecular formula is C13H23N3O3. The molecule has 0 bridgehead atoms. The maximum absolute atomic E-state index is 12.0. The smallest absolute Gasteiger partial charge is 0.325 e. The summed E-state index contributed by atoms with van der Waals surface area (Å²) >= 11 is 0. The maximum atomic E-state index is 12.0. The van der Waals surface area contributed by atoms with Crippen molar-refractivity contribution in [1.29, 1.82) is 0 Å². The Morgan fingerprint density at radius 2 is 1.84 bits per heavy atom. The summed E-state index contributed by atoms with van der Waals surface area (Å²) in [6.45, 7) is 9.61. The summed E-state index contributed by atoms with van der Waals surface area (Å²) in [5, 5.41) is 12.8. The van der Waals surface area contributed by atoms with Crippen LogP contribution in [0.1, 0.15) is 27.7 Å². The molecule has 0 saturated carbocycles. The second-order valence-corrected chi connectivity index (χ2v) is 6.48. The van der Waals surface area contributed by atoms with E-state index < -0.39 is 11.1 Å². The maximum Gasteiger partial charge on any atom is 0.325 e. The number of carbonyl (C=O) groups excluding carboxylic acids is 2. The van der Waals surface area contributed by atoms with Crippen molar-refractivity contribution >= 4 is 11.9 Å². The fraction of sp³-hybridized carbons (Fsp3) is 0.846. The Morgan fingerprint density at radius 3 is 2.26 bits per heavy atom. The molecule has 2 aliphatic rings. The summed E-state index contributed by atoms with van der Waals surface area (Å²) in [5.74, 6) is 0.0385. The van der Waals surface area contributed by atoms with Gasteiger partial charge in [0.05, 0.1) is 5.60 Å². The number of hydrogen-bond donors (Lipinski definition) is 2. The van der Waals surface area contributed by atoms with Gasteiger partial charge in [0, 0.05) is 26.2 Å². The molecule has 6 heteroatoms. The van der Waals surface area contributed by atoms with Crippen molar-refractivity contribution in [2.45, 2.75) is 38.8 Å². The van der Waals surface area contributed by atoms with E-state index in [0.717, 1.165) is 0 Å². The highest BCUT2D eigenvalue weighted by Gasteiger charge is 2.46. The third kappa shape index (κ3) is 2.47. The molecule has 108 valence electrons. The highest BCUT2D eigenvalue weighted by Crippen LogP contribution is 2.28. The normalized spacial score (nSPS) is 25.7. The van der Waals surface area contributed by atoms with E-state index in [2.05, 4.69) is 10.2 Å². The predicted octanol–water partition coefficient (Wildman–Crippen LogP) is 0.0195. The number of amides is 3. The van der Waals surface area contributed by atoms with Crippen LogP contribution in [0.25, 0.3) is 0 Å². The number of nitrogens with one attached hydrogen (secondary N) is 1. The summed E-state index contributed by atoms with van der Waals surface area (Å²) in [7, 11) is 0. The van der Waals surface area contributed by atoms with Crippen LogP contribution in [0, 0.1) is 5.92 Å². The van der Waals surface area contributed by atoms with E-state index in [1.807, 2.05) is 13.8 Å². The van der Waals surface area contributed by atoms with Crippen molar-refractivity contribution in [1.82, 2.24) is 15.1 Å². The van der Waals surface area contributed by atoms with Crippen molar-refractivity contribution in [3.05, 3.63) is 0 Å². The average molecular weight is 269 g/mol. The van der Waals surface area contributed by atoms with Crippen LogP contribution in [0.3, 0.4) is 0 Å². The van der Waals surface area contributed by atoms with Gasteiger partial charge in [-0.3, -0.25) is 14.6 Å². The SMILES string of the molecule is CC(C)C1(O)CN(CCN2C(=O)NC(C)(C)C2=O)C1. The van der Waals surface area contributed by atoms with Crippen molar-refractivity contribution in [3.63, 3.8) is 0 Å². The molecule has 2 heterocycles. The minimum absolute atomic E-state index is 0.183. The largest absolute Gasteiger partial charge is 0.387 e. The van der Waals surface area contributed by atoms with Crippen LogP contribution in [0.2, 0.25) is 0 Å². The Bertz CT molecular complexity index is 400. The second-order valence-electron chi connectivity index (χ2n) is 6.48. The molecule has 0 aliphatic carbocycles. The molecule has 0 aromatic heterocycles. The van der Waals surface area contributed by atoms with Gasteiger partial charge in [-0.1, -0.05) is 13.8 Å². The minimum atomic E-state index is -0.801. The Labute approximate surface area is 113 Å². The zero-order valence-electron chi connectivity index (χ0n) is 12.1. The van der Waals surface area contributed by atoms with Gasteiger partial charge in [-0.05, 0) is 19.8 Å². The molecule has 0 aromatic carbocycles. The summed E-state index contributed by atoms with van der Waals surface area (Å²) in [6, 6.07) is -0.324. The quantitative estimate of drug-likeness (QED) is 0.706. The number of β-amino-alcohol motifs (C(OH)–C–C–N with tert-alkyl or cyclic N) is 1. The van der Waals surface area contributed by atoms with E-state index in [0.29, 0.717) is 26.2 Å². The van der Waals surface area contributed by atoms with Crippen LogP contribution in [-0.4, -0.2) is 64.2 Å². The van der Waals surface area contributed by atoms with Gasteiger partial charge in [-0.25, -0.2) is 4.79 Å². The highest BCUT2D eigenvalue weighted by atomic mass is 16.3. The minimum Gasteiger partial charge on any atom is -0.387 e. The molecular weight excluding hydrogens is 246 g/mol. The zero-order valence-corrected chi connectivity index (χ0v) is 12.1. The van der Waals surface area contributed by atoms with Crippen LogP contribution in [-0.2, 0) is 4.79 Å². The zero-order chi connectivity index (χ0) is 14.4. The molecule has 2 rings (SSSR count). The molecule has 2 N–H and O–H groups in total. The lowest BCUT2D eigenvalue weighted by Crippen LogP contribution is -2.65. The number of hydrogen-bond acceptors (Lipinski definition) is 4. The molecule has 2 saturated heterocycles. The van der Waals surface area contributed by atoms with Gasteiger partial charge in [0.15, 0.2) is 0 Å². The van der Waals surface area contributed by atoms with Crippen LogP contribution in [0.4, 0.5) is 4.79 Å². The lowest BCUT2D eigenvalue weighted by atomic mass is 9.83. The van der Waals surface area contributed by atoms with Crippen LogP contribution in [0.5, 0.6) is 0 Å². The average Bonchev–Trinajstić information content (AvgIpc) is 2.43. The Kier molecular flexibility index (Phi) is 3.35. The molecule has 0 spiro atoms. The summed E-state index contributed by atoms with van der Waals surface area (Å²) < 4.78 is 0. The molecule has 6 nitrogen and oxygen atoms in total. The Morgan fingerprint density at radius 1 is 1.26 bits per heavy atom. The first-order chi connectivity index (χ1) is 8.66. The van der Waals surface area contributed by atoms with Gasteiger partial charge in [-0.2, -0.15) is 0 Å². The van der Waals surface area contributed by atoms with E-state index in [-0.39, 0.29) is 17.9 Å². The fourth-order valence-electron chi connectivity index (χ4n) is 2.51. The van der Waals surface area contributed by atoms with Gasteiger partial charge in [0.25, 0.3) is 5.91 Å². The van der Waals surface area contributed by atoms with E-state index in [9.17, 15) is 14.7 Å². The van der Waals surface area contributed by atoms with Crippen molar-refractivity contribution in [3.8, 4) is 0 Å². The number of rotatable bonds is 4. The number of nitrogens with zero attached hydrogens (tertiary/aromatic N) is 2. The van der Waals surface area contributed by atoms with Gasteiger partial charge in [-0.15, -0.1) is 0 Å². The van der Waals surface area contributed by atoms with Crippen LogP contribution < -0.4 is 5.32 Å². The lowest BCUT2D eigenvalue weighted by molar-refractivity contribution is -0.135. The summed E-state index contributed by atoms with van der Waals surface area (Å²) in [6.07, 6.45) is 0. The van der Waals surface area contributed by atoms with Gasteiger partial charge in [0.2, 0.25) is 0 Å². The number of carbonyl (C=O) groups is 2. The first kappa shape index (κ1) is 14.3. The van der Waals surface area contributed by atoms with Crippen molar-refractivity contribution in [2.75, 3.05) is 26.2 Å². The van der Waals surface area contributed by atoms with E-state index in [1.54, 1.807) is 13.8 Å². The number of imide groups is 1. The monoisotopic (exact) mass is 269 g/mol. The molecule has 0 radical (unpaired) electrons. The Hall–Kier alpha value is -1.14. The standard InChI is InChI=1S/C13H23N3O3/c1-9(2)13(19)7-15(8-13)5-6-16-10(17)12(3,4)14-11(16)18/h9,19H,5-8H2,1-4H3,(H,14,18). The van der Waals surface area contributed by atoms with E-state index in [1.165, 1.54) is 4.90 Å². The van der Waals surface area contributed by atoms with Gasteiger partial charge in [0.1, 0.15) is 5.54 Å². The Balaban J connectivity index is 1.82. The number of urea groups is 1. The molecule has 0 unspecified atom stereocenters. The van der Waals surface area contributed by atoms with Crippen LogP contribution >= 0.6 is 0 Å². The van der Waals surface area contributed by atoms with Crippen molar-refractivity contribution in [2.24, 2.45) is 5.92 Å². The molecule has 2 fully saturated rings.